The summed E-state index contributed by atoms with van der Waals surface area (Å²) < 4.78 is 0. The van der Waals surface area contributed by atoms with Gasteiger partial charge in [0.25, 0.3) is 5.91 Å². The minimum atomic E-state index is -0.0697. The number of amides is 2. The van der Waals surface area contributed by atoms with E-state index in [2.05, 4.69) is 35.9 Å². The maximum atomic E-state index is 12.1. The number of anilines is 1. The van der Waals surface area contributed by atoms with Crippen molar-refractivity contribution in [3.05, 3.63) is 51.7 Å². The van der Waals surface area contributed by atoms with Crippen molar-refractivity contribution in [1.29, 1.82) is 0 Å². The van der Waals surface area contributed by atoms with Gasteiger partial charge in [-0.25, -0.2) is 0 Å². The monoisotopic (exact) mass is 373 g/mol. The van der Waals surface area contributed by atoms with Gasteiger partial charge in [0.2, 0.25) is 5.91 Å². The van der Waals surface area contributed by atoms with Crippen LogP contribution in [0.3, 0.4) is 0 Å². The minimum absolute atomic E-state index is 0.0419. The lowest BCUT2D eigenvalue weighted by atomic mass is 10.1. The maximum Gasteiger partial charge on any atom is 0.251 e. The number of aryl methyl sites for hydroxylation is 1. The Labute approximate surface area is 159 Å². The highest BCUT2D eigenvalue weighted by molar-refractivity contribution is 7.09. The molecule has 0 radical (unpaired) electrons. The summed E-state index contributed by atoms with van der Waals surface area (Å²) in [5.41, 5.74) is 2.43. The number of carbonyl (C=O) groups excluding carboxylic acids is 2. The summed E-state index contributed by atoms with van der Waals surface area (Å²) in [7, 11) is 0. The Morgan fingerprint density at radius 2 is 1.96 bits per heavy atom. The van der Waals surface area contributed by atoms with Crippen molar-refractivity contribution >= 4 is 28.8 Å². The maximum absolute atomic E-state index is 12.1. The van der Waals surface area contributed by atoms with Crippen molar-refractivity contribution in [3.63, 3.8) is 0 Å². The van der Waals surface area contributed by atoms with Gasteiger partial charge in [-0.05, 0) is 54.5 Å². The smallest absolute Gasteiger partial charge is 0.251 e. The van der Waals surface area contributed by atoms with Gasteiger partial charge < -0.3 is 16.0 Å². The molecule has 0 saturated carbocycles. The first-order valence-corrected chi connectivity index (χ1v) is 9.75. The van der Waals surface area contributed by atoms with E-state index in [1.54, 1.807) is 17.4 Å². The second-order valence-corrected chi connectivity index (χ2v) is 7.70. The number of thiophene rings is 1. The third-order valence-electron chi connectivity index (χ3n) is 3.87. The van der Waals surface area contributed by atoms with Gasteiger partial charge in [-0.2, -0.15) is 0 Å². The first-order chi connectivity index (χ1) is 12.5. The van der Waals surface area contributed by atoms with Crippen molar-refractivity contribution in [2.24, 2.45) is 5.92 Å². The van der Waals surface area contributed by atoms with E-state index in [4.69, 9.17) is 0 Å². The Morgan fingerprint density at radius 1 is 1.15 bits per heavy atom. The fourth-order valence-corrected chi connectivity index (χ4v) is 3.13. The Bertz CT molecular complexity index is 727. The zero-order chi connectivity index (χ0) is 18.9. The summed E-state index contributed by atoms with van der Waals surface area (Å²) in [6.45, 7) is 7.55. The zero-order valence-corrected chi connectivity index (χ0v) is 16.4. The highest BCUT2D eigenvalue weighted by atomic mass is 32.1. The van der Waals surface area contributed by atoms with E-state index in [0.29, 0.717) is 24.6 Å². The molecule has 1 heterocycles. The van der Waals surface area contributed by atoms with Gasteiger partial charge in [0.15, 0.2) is 0 Å². The Morgan fingerprint density at radius 3 is 2.62 bits per heavy atom. The molecule has 0 unspecified atom stereocenters. The normalized spacial score (nSPS) is 10.6. The van der Waals surface area contributed by atoms with Gasteiger partial charge in [-0.1, -0.05) is 19.9 Å². The predicted octanol–water partition coefficient (Wildman–Crippen LogP) is 3.21. The number of rotatable bonds is 9. The Balaban J connectivity index is 1.78. The summed E-state index contributed by atoms with van der Waals surface area (Å²) in [5.74, 6) is 0.304. The fraction of sp³-hybridized carbons (Fsp3) is 0.400. The number of hydrogen-bond acceptors (Lipinski definition) is 4. The molecular weight excluding hydrogens is 346 g/mol. The molecule has 3 N–H and O–H groups in total. The molecule has 0 aliphatic carbocycles. The van der Waals surface area contributed by atoms with Crippen LogP contribution >= 0.6 is 11.3 Å². The molecule has 2 amide bonds. The molecule has 0 bridgehead atoms. The zero-order valence-electron chi connectivity index (χ0n) is 15.6. The molecule has 0 saturated heterocycles. The topological polar surface area (TPSA) is 70.2 Å². The van der Waals surface area contributed by atoms with E-state index < -0.39 is 0 Å². The van der Waals surface area contributed by atoms with Gasteiger partial charge in [-0.15, -0.1) is 11.3 Å². The van der Waals surface area contributed by atoms with Crippen LogP contribution in [-0.4, -0.2) is 31.4 Å². The molecule has 5 nitrogen and oxygen atoms in total. The van der Waals surface area contributed by atoms with E-state index in [1.807, 2.05) is 30.5 Å². The van der Waals surface area contributed by atoms with Crippen LogP contribution in [0.1, 0.15) is 34.6 Å². The van der Waals surface area contributed by atoms with Crippen LogP contribution < -0.4 is 16.0 Å². The highest BCUT2D eigenvalue weighted by Gasteiger charge is 2.09. The van der Waals surface area contributed by atoms with Crippen LogP contribution in [0.15, 0.2) is 35.7 Å². The van der Waals surface area contributed by atoms with Crippen LogP contribution in [0.4, 0.5) is 5.69 Å². The Kier molecular flexibility index (Phi) is 7.66. The van der Waals surface area contributed by atoms with Crippen molar-refractivity contribution < 1.29 is 9.59 Å². The number of benzene rings is 1. The summed E-state index contributed by atoms with van der Waals surface area (Å²) in [5, 5.41) is 11.0. The average molecular weight is 374 g/mol. The molecule has 2 aromatic rings. The van der Waals surface area contributed by atoms with Crippen molar-refractivity contribution in [1.82, 2.24) is 10.6 Å². The van der Waals surface area contributed by atoms with Crippen LogP contribution in [-0.2, 0) is 11.2 Å². The molecular formula is C20H27N3O2S. The molecule has 0 aliphatic heterocycles. The summed E-state index contributed by atoms with van der Waals surface area (Å²) in [6, 6.07) is 9.54. The highest BCUT2D eigenvalue weighted by Crippen LogP contribution is 2.16. The van der Waals surface area contributed by atoms with Gasteiger partial charge in [0, 0.05) is 29.2 Å². The molecule has 0 atom stereocenters. The lowest BCUT2D eigenvalue weighted by Crippen LogP contribution is -2.31. The molecule has 26 heavy (non-hydrogen) atoms. The fourth-order valence-electron chi connectivity index (χ4n) is 2.42. The van der Waals surface area contributed by atoms with E-state index in [0.717, 1.165) is 17.7 Å². The quantitative estimate of drug-likeness (QED) is 0.632. The third-order valence-corrected chi connectivity index (χ3v) is 4.81. The van der Waals surface area contributed by atoms with Crippen molar-refractivity contribution in [3.8, 4) is 0 Å². The molecule has 0 spiro atoms. The first-order valence-electron chi connectivity index (χ1n) is 8.87. The molecule has 2 rings (SSSR count). The molecule has 140 valence electrons. The van der Waals surface area contributed by atoms with E-state index in [9.17, 15) is 9.59 Å². The predicted molar refractivity (Wildman–Crippen MR) is 108 cm³/mol. The minimum Gasteiger partial charge on any atom is -0.376 e. The molecule has 6 heteroatoms. The van der Waals surface area contributed by atoms with Gasteiger partial charge >= 0.3 is 0 Å². The standard InChI is InChI=1S/C20H27N3O2S/c1-14(2)12-23-20(25)16-6-7-18(15(3)11-16)22-13-19(24)21-9-8-17-5-4-10-26-17/h4-7,10-11,14,22H,8-9,12-13H2,1-3H3,(H,21,24)(H,23,25). The lowest BCUT2D eigenvalue weighted by molar-refractivity contribution is -0.119. The SMILES string of the molecule is Cc1cc(C(=O)NCC(C)C)ccc1NCC(=O)NCCc1cccs1. The summed E-state index contributed by atoms with van der Waals surface area (Å²) >= 11 is 1.70. The number of carbonyl (C=O) groups is 2. The van der Waals surface area contributed by atoms with E-state index in [-0.39, 0.29) is 18.4 Å². The third kappa shape index (κ3) is 6.52. The van der Waals surface area contributed by atoms with E-state index in [1.165, 1.54) is 4.88 Å². The van der Waals surface area contributed by atoms with Crippen LogP contribution in [0.2, 0.25) is 0 Å². The first kappa shape index (κ1) is 20.0. The van der Waals surface area contributed by atoms with Crippen LogP contribution in [0.25, 0.3) is 0 Å². The van der Waals surface area contributed by atoms with Crippen molar-refractivity contribution in [2.45, 2.75) is 27.2 Å². The molecule has 1 aromatic heterocycles. The van der Waals surface area contributed by atoms with Crippen LogP contribution in [0.5, 0.6) is 0 Å². The number of nitrogens with one attached hydrogen (secondary N) is 3. The van der Waals surface area contributed by atoms with Crippen LogP contribution in [0, 0.1) is 12.8 Å². The van der Waals surface area contributed by atoms with E-state index >= 15 is 0 Å². The second kappa shape index (κ2) is 9.97. The summed E-state index contributed by atoms with van der Waals surface area (Å²) in [6.07, 6.45) is 0.850. The average Bonchev–Trinajstić information content (AvgIpc) is 3.12. The van der Waals surface area contributed by atoms with Gasteiger partial charge in [-0.3, -0.25) is 9.59 Å². The second-order valence-electron chi connectivity index (χ2n) is 6.67. The number of hydrogen-bond donors (Lipinski definition) is 3. The molecule has 0 aliphatic rings. The van der Waals surface area contributed by atoms with Crippen molar-refractivity contribution in [2.75, 3.05) is 25.0 Å². The molecule has 1 aromatic carbocycles. The Hall–Kier alpha value is -2.34. The molecule has 0 fully saturated rings. The summed E-state index contributed by atoms with van der Waals surface area (Å²) in [4.78, 5) is 25.3. The van der Waals surface area contributed by atoms with Gasteiger partial charge in [0.05, 0.1) is 6.54 Å². The lowest BCUT2D eigenvalue weighted by Gasteiger charge is -2.12. The van der Waals surface area contributed by atoms with Gasteiger partial charge in [0.1, 0.15) is 0 Å². The largest absolute Gasteiger partial charge is 0.376 e.